The smallest absolute Gasteiger partial charge is 0.358 e. The van der Waals surface area contributed by atoms with E-state index in [4.69, 9.17) is 0 Å². The van der Waals surface area contributed by atoms with Crippen molar-refractivity contribution in [2.75, 3.05) is 13.6 Å². The molecule has 8 nitrogen and oxygen atoms in total. The Hall–Kier alpha value is -2.77. The lowest BCUT2D eigenvalue weighted by atomic mass is 10.1. The van der Waals surface area contributed by atoms with Gasteiger partial charge in [0.2, 0.25) is 5.91 Å². The Morgan fingerprint density at radius 1 is 1.43 bits per heavy atom. The van der Waals surface area contributed by atoms with Crippen LogP contribution < -0.4 is 0 Å². The molecule has 2 aromatic heterocycles. The first-order chi connectivity index (χ1) is 10.0. The Morgan fingerprint density at radius 3 is 2.76 bits per heavy atom. The van der Waals surface area contributed by atoms with Crippen molar-refractivity contribution in [2.24, 2.45) is 0 Å². The topological polar surface area (TPSA) is 101 Å². The van der Waals surface area contributed by atoms with Gasteiger partial charge in [0.05, 0.1) is 0 Å². The van der Waals surface area contributed by atoms with Crippen molar-refractivity contribution in [1.29, 1.82) is 0 Å². The van der Waals surface area contributed by atoms with Crippen molar-refractivity contribution in [3.05, 3.63) is 30.2 Å². The number of carboxylic acids is 1. The molecule has 0 aromatic carbocycles. The Morgan fingerprint density at radius 2 is 2.19 bits per heavy atom. The number of amides is 1. The molecule has 0 aliphatic heterocycles. The molecule has 8 heteroatoms. The normalized spacial score (nSPS) is 10.4. The van der Waals surface area contributed by atoms with Gasteiger partial charge in [-0.05, 0) is 19.1 Å². The Bertz CT molecular complexity index is 653. The van der Waals surface area contributed by atoms with Crippen LogP contribution in [-0.2, 0) is 11.3 Å². The minimum absolute atomic E-state index is 0.0746. The largest absolute Gasteiger partial charge is 0.476 e. The third-order valence-electron chi connectivity index (χ3n) is 3.06. The fourth-order valence-electron chi connectivity index (χ4n) is 1.78. The number of nitrogens with zero attached hydrogens (tertiary/aromatic N) is 5. The van der Waals surface area contributed by atoms with Crippen LogP contribution in [0.4, 0.5) is 0 Å². The number of aromatic carboxylic acids is 1. The summed E-state index contributed by atoms with van der Waals surface area (Å²) >= 11 is 0. The van der Waals surface area contributed by atoms with Crippen LogP contribution in [0.1, 0.15) is 17.4 Å². The Labute approximate surface area is 121 Å². The van der Waals surface area contributed by atoms with Crippen molar-refractivity contribution >= 4 is 11.9 Å². The van der Waals surface area contributed by atoms with Crippen molar-refractivity contribution in [3.63, 3.8) is 0 Å². The maximum atomic E-state index is 12.0. The van der Waals surface area contributed by atoms with Crippen molar-refractivity contribution < 1.29 is 14.7 Å². The number of hydrogen-bond acceptors (Lipinski definition) is 5. The molecule has 2 rings (SSSR count). The van der Waals surface area contributed by atoms with E-state index >= 15 is 0 Å². The van der Waals surface area contributed by atoms with Gasteiger partial charge in [-0.1, -0.05) is 5.21 Å². The first-order valence-corrected chi connectivity index (χ1v) is 6.35. The molecule has 0 aliphatic carbocycles. The van der Waals surface area contributed by atoms with Crippen LogP contribution in [0, 0.1) is 0 Å². The van der Waals surface area contributed by atoms with Gasteiger partial charge in [-0.2, -0.15) is 0 Å². The summed E-state index contributed by atoms with van der Waals surface area (Å²) in [5.74, 6) is -1.37. The highest BCUT2D eigenvalue weighted by Gasteiger charge is 2.22. The molecule has 2 aromatic rings. The second-order valence-electron chi connectivity index (χ2n) is 4.40. The van der Waals surface area contributed by atoms with Crippen molar-refractivity contribution in [3.8, 4) is 11.3 Å². The predicted molar refractivity (Wildman–Crippen MR) is 73.5 cm³/mol. The third-order valence-corrected chi connectivity index (χ3v) is 3.06. The number of hydrogen-bond donors (Lipinski definition) is 1. The lowest BCUT2D eigenvalue weighted by Crippen LogP contribution is -2.30. The molecule has 0 saturated carbocycles. The molecule has 2 heterocycles. The average Bonchev–Trinajstić information content (AvgIpc) is 2.91. The first kappa shape index (κ1) is 14.6. The van der Waals surface area contributed by atoms with Gasteiger partial charge in [0.15, 0.2) is 5.69 Å². The van der Waals surface area contributed by atoms with E-state index in [1.165, 1.54) is 15.8 Å². The summed E-state index contributed by atoms with van der Waals surface area (Å²) < 4.78 is 1.29. The number of rotatable bonds is 5. The van der Waals surface area contributed by atoms with E-state index in [0.29, 0.717) is 12.1 Å². The van der Waals surface area contributed by atoms with E-state index in [-0.39, 0.29) is 23.8 Å². The summed E-state index contributed by atoms with van der Waals surface area (Å²) in [6.07, 6.45) is 3.09. The molecule has 1 N–H and O–H groups in total. The van der Waals surface area contributed by atoms with Crippen molar-refractivity contribution in [1.82, 2.24) is 24.9 Å². The van der Waals surface area contributed by atoms with E-state index in [1.54, 1.807) is 25.4 Å². The van der Waals surface area contributed by atoms with Crippen LogP contribution in [0.15, 0.2) is 24.5 Å². The number of carbonyl (C=O) groups is 2. The fraction of sp³-hybridized carbons (Fsp3) is 0.308. The summed E-state index contributed by atoms with van der Waals surface area (Å²) in [6, 6.07) is 3.38. The molecule has 0 fully saturated rings. The average molecular weight is 289 g/mol. The van der Waals surface area contributed by atoms with Crippen LogP contribution in [0.25, 0.3) is 11.3 Å². The summed E-state index contributed by atoms with van der Waals surface area (Å²) in [7, 11) is 1.67. The molecule has 0 radical (unpaired) electrons. The second kappa shape index (κ2) is 6.12. The summed E-state index contributed by atoms with van der Waals surface area (Å²) in [5.41, 5.74) is 0.621. The van der Waals surface area contributed by atoms with Gasteiger partial charge in [-0.25, -0.2) is 9.48 Å². The van der Waals surface area contributed by atoms with Crippen LogP contribution in [-0.4, -0.2) is 55.5 Å². The highest BCUT2D eigenvalue weighted by molar-refractivity contribution is 5.92. The zero-order chi connectivity index (χ0) is 15.4. The van der Waals surface area contributed by atoms with Gasteiger partial charge in [-0.3, -0.25) is 9.78 Å². The zero-order valence-electron chi connectivity index (χ0n) is 11.7. The molecule has 110 valence electrons. The van der Waals surface area contributed by atoms with E-state index in [2.05, 4.69) is 15.3 Å². The molecule has 0 saturated heterocycles. The summed E-state index contributed by atoms with van der Waals surface area (Å²) in [6.45, 7) is 2.33. The maximum Gasteiger partial charge on any atom is 0.358 e. The fourth-order valence-corrected chi connectivity index (χ4v) is 1.78. The van der Waals surface area contributed by atoms with Gasteiger partial charge < -0.3 is 10.0 Å². The summed E-state index contributed by atoms with van der Waals surface area (Å²) in [5, 5.41) is 16.6. The highest BCUT2D eigenvalue weighted by atomic mass is 16.4. The van der Waals surface area contributed by atoms with Gasteiger partial charge in [0.25, 0.3) is 0 Å². The molecule has 0 bridgehead atoms. The van der Waals surface area contributed by atoms with Crippen LogP contribution in [0.2, 0.25) is 0 Å². The van der Waals surface area contributed by atoms with Gasteiger partial charge in [-0.15, -0.1) is 5.10 Å². The second-order valence-corrected chi connectivity index (χ2v) is 4.40. The molecule has 0 unspecified atom stereocenters. The van der Waals surface area contributed by atoms with Crippen molar-refractivity contribution in [2.45, 2.75) is 13.5 Å². The molecule has 21 heavy (non-hydrogen) atoms. The van der Waals surface area contributed by atoms with Gasteiger partial charge in [0.1, 0.15) is 12.2 Å². The maximum absolute atomic E-state index is 12.0. The van der Waals surface area contributed by atoms with Crippen LogP contribution >= 0.6 is 0 Å². The number of carboxylic acid groups (broad SMARTS) is 1. The lowest BCUT2D eigenvalue weighted by molar-refractivity contribution is -0.130. The van der Waals surface area contributed by atoms with E-state index in [0.717, 1.165) is 0 Å². The van der Waals surface area contributed by atoms with E-state index in [1.807, 2.05) is 6.92 Å². The zero-order valence-corrected chi connectivity index (χ0v) is 11.7. The SMILES string of the molecule is CCN(C)C(=O)Cn1nnc(C(=O)O)c1-c1cccnc1. The molecule has 0 atom stereocenters. The number of likely N-dealkylation sites (N-methyl/N-ethyl adjacent to an activating group) is 1. The quantitative estimate of drug-likeness (QED) is 0.861. The number of carbonyl (C=O) groups excluding carboxylic acids is 1. The minimum atomic E-state index is -1.20. The van der Waals surface area contributed by atoms with E-state index in [9.17, 15) is 14.7 Å². The van der Waals surface area contributed by atoms with Crippen LogP contribution in [0.3, 0.4) is 0 Å². The monoisotopic (exact) mass is 289 g/mol. The standard InChI is InChI=1S/C13H15N5O3/c1-3-17(2)10(19)8-18-12(9-5-4-6-14-7-9)11(13(20)21)15-16-18/h4-7H,3,8H2,1-2H3,(H,20,21). The molecule has 0 aliphatic rings. The lowest BCUT2D eigenvalue weighted by Gasteiger charge is -2.15. The van der Waals surface area contributed by atoms with Gasteiger partial charge in [0, 0.05) is 31.5 Å². The first-order valence-electron chi connectivity index (χ1n) is 6.35. The molecular weight excluding hydrogens is 274 g/mol. The highest BCUT2D eigenvalue weighted by Crippen LogP contribution is 2.21. The summed E-state index contributed by atoms with van der Waals surface area (Å²) in [4.78, 5) is 28.7. The molecular formula is C13H15N5O3. The molecule has 0 spiro atoms. The third kappa shape index (κ3) is 3.04. The van der Waals surface area contributed by atoms with Gasteiger partial charge >= 0.3 is 5.97 Å². The van der Waals surface area contributed by atoms with Crippen LogP contribution in [0.5, 0.6) is 0 Å². The van der Waals surface area contributed by atoms with E-state index < -0.39 is 5.97 Å². The molecule has 1 amide bonds. The minimum Gasteiger partial charge on any atom is -0.476 e. The Kier molecular flexibility index (Phi) is 4.27. The predicted octanol–water partition coefficient (Wildman–Crippen LogP) is 0.517. The Balaban J connectivity index is 2.43. The number of pyridine rings is 1. The number of aromatic nitrogens is 4.